The topological polar surface area (TPSA) is 78.4 Å². The molecule has 0 spiro atoms. The Hall–Kier alpha value is -1.10. The lowest BCUT2D eigenvalue weighted by Crippen LogP contribution is -2.46. The number of carbonyl (C=O) groups is 2. The summed E-state index contributed by atoms with van der Waals surface area (Å²) in [5.41, 5.74) is 0. The van der Waals surface area contributed by atoms with Crippen molar-refractivity contribution in [1.29, 1.82) is 0 Å². The Kier molecular flexibility index (Phi) is 6.72. The van der Waals surface area contributed by atoms with E-state index in [4.69, 9.17) is 5.11 Å². The molecule has 0 saturated carbocycles. The third-order valence-corrected chi connectivity index (χ3v) is 2.01. The molecule has 94 valence electrons. The molecular formula is C11H22N2O3. The van der Waals surface area contributed by atoms with Gasteiger partial charge >= 0.3 is 5.97 Å². The van der Waals surface area contributed by atoms with Crippen LogP contribution in [0, 0.1) is 5.92 Å². The van der Waals surface area contributed by atoms with E-state index in [0.29, 0.717) is 6.42 Å². The van der Waals surface area contributed by atoms with Crippen molar-refractivity contribution in [3.63, 3.8) is 0 Å². The first-order valence-corrected chi connectivity index (χ1v) is 5.58. The highest BCUT2D eigenvalue weighted by Crippen LogP contribution is 2.04. The van der Waals surface area contributed by atoms with Gasteiger partial charge in [-0.15, -0.1) is 0 Å². The Labute approximate surface area is 96.6 Å². The molecule has 0 rings (SSSR count). The van der Waals surface area contributed by atoms with Crippen LogP contribution in [0.3, 0.4) is 0 Å². The molecule has 16 heavy (non-hydrogen) atoms. The van der Waals surface area contributed by atoms with Crippen LogP contribution in [-0.4, -0.2) is 35.6 Å². The molecule has 1 amide bonds. The van der Waals surface area contributed by atoms with Gasteiger partial charge in [-0.05, 0) is 12.3 Å². The average molecular weight is 230 g/mol. The predicted octanol–water partition coefficient (Wildman–Crippen LogP) is 0.600. The van der Waals surface area contributed by atoms with Crippen molar-refractivity contribution in [2.75, 3.05) is 6.54 Å². The number of hydrogen-bond donors (Lipinski definition) is 3. The standard InChI is InChI=1S/C11H22N2O3/c1-7(2)5-9(11(15)16)13-10(14)6-12-8(3)4/h7-9,12H,5-6H2,1-4H3,(H,13,14)(H,15,16)/t9-/m0/s1. The van der Waals surface area contributed by atoms with Crippen molar-refractivity contribution >= 4 is 11.9 Å². The van der Waals surface area contributed by atoms with Crippen LogP contribution in [-0.2, 0) is 9.59 Å². The van der Waals surface area contributed by atoms with Crippen molar-refractivity contribution in [3.05, 3.63) is 0 Å². The third kappa shape index (κ3) is 7.23. The van der Waals surface area contributed by atoms with E-state index >= 15 is 0 Å². The zero-order valence-electron chi connectivity index (χ0n) is 10.4. The molecule has 0 aliphatic heterocycles. The molecule has 5 heteroatoms. The Balaban J connectivity index is 4.08. The highest BCUT2D eigenvalue weighted by Gasteiger charge is 2.20. The highest BCUT2D eigenvalue weighted by atomic mass is 16.4. The molecule has 0 bridgehead atoms. The largest absolute Gasteiger partial charge is 0.480 e. The van der Waals surface area contributed by atoms with Gasteiger partial charge in [0.05, 0.1) is 6.54 Å². The predicted molar refractivity (Wildman–Crippen MR) is 62.2 cm³/mol. The van der Waals surface area contributed by atoms with E-state index in [9.17, 15) is 9.59 Å². The molecule has 0 saturated heterocycles. The molecule has 0 aliphatic rings. The van der Waals surface area contributed by atoms with Crippen LogP contribution in [0.4, 0.5) is 0 Å². The van der Waals surface area contributed by atoms with Crippen LogP contribution in [0.2, 0.25) is 0 Å². The first-order valence-electron chi connectivity index (χ1n) is 5.58. The maximum Gasteiger partial charge on any atom is 0.326 e. The quantitative estimate of drug-likeness (QED) is 0.598. The molecule has 0 aliphatic carbocycles. The van der Waals surface area contributed by atoms with E-state index < -0.39 is 12.0 Å². The van der Waals surface area contributed by atoms with Gasteiger partial charge in [-0.2, -0.15) is 0 Å². The Morgan fingerprint density at radius 3 is 2.12 bits per heavy atom. The fourth-order valence-corrected chi connectivity index (χ4v) is 1.24. The molecule has 5 nitrogen and oxygen atoms in total. The van der Waals surface area contributed by atoms with E-state index in [1.807, 2.05) is 27.7 Å². The van der Waals surface area contributed by atoms with Crippen LogP contribution in [0.25, 0.3) is 0 Å². The molecule has 0 radical (unpaired) electrons. The van der Waals surface area contributed by atoms with Crippen LogP contribution in [0.1, 0.15) is 34.1 Å². The summed E-state index contributed by atoms with van der Waals surface area (Å²) in [6, 6.07) is -0.583. The summed E-state index contributed by atoms with van der Waals surface area (Å²) < 4.78 is 0. The second-order valence-electron chi connectivity index (χ2n) is 4.62. The zero-order chi connectivity index (χ0) is 12.7. The SMILES string of the molecule is CC(C)C[C@H](NC(=O)CNC(C)C)C(=O)O. The minimum atomic E-state index is -0.980. The maximum atomic E-state index is 11.4. The number of aliphatic carboxylic acids is 1. The van der Waals surface area contributed by atoms with Gasteiger partial charge in [-0.25, -0.2) is 4.79 Å². The summed E-state index contributed by atoms with van der Waals surface area (Å²) in [6.45, 7) is 7.86. The van der Waals surface area contributed by atoms with Crippen molar-refractivity contribution in [3.8, 4) is 0 Å². The summed E-state index contributed by atoms with van der Waals surface area (Å²) in [5.74, 6) is -1.02. The molecule has 0 aromatic rings. The number of hydrogen-bond acceptors (Lipinski definition) is 3. The number of amides is 1. The van der Waals surface area contributed by atoms with Gasteiger partial charge in [0.2, 0.25) is 5.91 Å². The van der Waals surface area contributed by atoms with E-state index in [0.717, 1.165) is 0 Å². The summed E-state index contributed by atoms with van der Waals surface area (Å²) in [4.78, 5) is 22.3. The molecule has 0 heterocycles. The van der Waals surface area contributed by atoms with Gasteiger partial charge in [0.1, 0.15) is 6.04 Å². The number of nitrogens with one attached hydrogen (secondary N) is 2. The van der Waals surface area contributed by atoms with Gasteiger partial charge in [-0.3, -0.25) is 4.79 Å². The van der Waals surface area contributed by atoms with Gasteiger partial charge in [-0.1, -0.05) is 27.7 Å². The first-order chi connectivity index (χ1) is 7.32. The summed E-state index contributed by atoms with van der Waals surface area (Å²) in [5, 5.41) is 14.4. The minimum Gasteiger partial charge on any atom is -0.480 e. The number of carboxylic acid groups (broad SMARTS) is 1. The lowest BCUT2D eigenvalue weighted by molar-refractivity contribution is -0.142. The van der Waals surface area contributed by atoms with E-state index in [-0.39, 0.29) is 24.4 Å². The van der Waals surface area contributed by atoms with Crippen molar-refractivity contribution in [1.82, 2.24) is 10.6 Å². The van der Waals surface area contributed by atoms with Gasteiger partial charge in [0, 0.05) is 6.04 Å². The fraction of sp³-hybridized carbons (Fsp3) is 0.818. The number of carbonyl (C=O) groups excluding carboxylic acids is 1. The van der Waals surface area contributed by atoms with E-state index in [2.05, 4.69) is 10.6 Å². The lowest BCUT2D eigenvalue weighted by atomic mass is 10.0. The molecular weight excluding hydrogens is 208 g/mol. The average Bonchev–Trinajstić information content (AvgIpc) is 2.12. The second kappa shape index (κ2) is 7.22. The van der Waals surface area contributed by atoms with Crippen LogP contribution >= 0.6 is 0 Å². The van der Waals surface area contributed by atoms with Crippen LogP contribution in [0.15, 0.2) is 0 Å². The van der Waals surface area contributed by atoms with Gasteiger partial charge < -0.3 is 15.7 Å². The molecule has 1 atom stereocenters. The van der Waals surface area contributed by atoms with Gasteiger partial charge in [0.15, 0.2) is 0 Å². The molecule has 3 N–H and O–H groups in total. The monoisotopic (exact) mass is 230 g/mol. The highest BCUT2D eigenvalue weighted by molar-refractivity contribution is 5.84. The smallest absolute Gasteiger partial charge is 0.326 e. The fourth-order valence-electron chi connectivity index (χ4n) is 1.24. The summed E-state index contributed by atoms with van der Waals surface area (Å²) in [7, 11) is 0. The molecule has 0 aromatic carbocycles. The Bertz CT molecular complexity index is 239. The Morgan fingerprint density at radius 1 is 1.19 bits per heavy atom. The second-order valence-corrected chi connectivity index (χ2v) is 4.62. The maximum absolute atomic E-state index is 11.4. The van der Waals surface area contributed by atoms with Crippen LogP contribution in [0.5, 0.6) is 0 Å². The van der Waals surface area contributed by atoms with Crippen LogP contribution < -0.4 is 10.6 Å². The molecule has 0 aromatic heterocycles. The van der Waals surface area contributed by atoms with Crippen molar-refractivity contribution in [2.24, 2.45) is 5.92 Å². The number of carboxylic acids is 1. The first kappa shape index (κ1) is 14.9. The molecule has 0 unspecified atom stereocenters. The van der Waals surface area contributed by atoms with Gasteiger partial charge in [0.25, 0.3) is 0 Å². The summed E-state index contributed by atoms with van der Waals surface area (Å²) >= 11 is 0. The minimum absolute atomic E-state index is 0.152. The van der Waals surface area contributed by atoms with Crippen molar-refractivity contribution < 1.29 is 14.7 Å². The van der Waals surface area contributed by atoms with E-state index in [1.165, 1.54) is 0 Å². The van der Waals surface area contributed by atoms with Crippen molar-refractivity contribution in [2.45, 2.75) is 46.2 Å². The Morgan fingerprint density at radius 2 is 1.75 bits per heavy atom. The normalized spacial score (nSPS) is 12.9. The zero-order valence-corrected chi connectivity index (χ0v) is 10.4. The van der Waals surface area contributed by atoms with E-state index in [1.54, 1.807) is 0 Å². The third-order valence-electron chi connectivity index (χ3n) is 2.01. The summed E-state index contributed by atoms with van der Waals surface area (Å²) in [6.07, 6.45) is 0.447. The molecule has 0 fully saturated rings. The number of rotatable bonds is 7. The lowest BCUT2D eigenvalue weighted by Gasteiger charge is -2.17.